The smallest absolute Gasteiger partial charge is 0.266 e. The lowest BCUT2D eigenvalue weighted by Gasteiger charge is -2.31. The number of hydrogen-bond donors (Lipinski definition) is 3. The summed E-state index contributed by atoms with van der Waals surface area (Å²) in [6.07, 6.45) is 0.917. The zero-order valence-electron chi connectivity index (χ0n) is 28.4. The van der Waals surface area contributed by atoms with Gasteiger partial charge in [-0.3, -0.25) is 24.0 Å². The fourth-order valence-electron chi connectivity index (χ4n) is 5.74. The molecule has 5 rings (SSSR count). The first-order chi connectivity index (χ1) is 24.2. The molecule has 268 valence electrons. The van der Waals surface area contributed by atoms with Gasteiger partial charge >= 0.3 is 0 Å². The molecule has 4 aromatic rings. The van der Waals surface area contributed by atoms with Gasteiger partial charge in [0, 0.05) is 22.7 Å². The van der Waals surface area contributed by atoms with Gasteiger partial charge in [0.1, 0.15) is 17.6 Å². The second-order valence-corrected chi connectivity index (χ2v) is 15.1. The summed E-state index contributed by atoms with van der Waals surface area (Å²) in [6, 6.07) is 14.7. The van der Waals surface area contributed by atoms with Crippen molar-refractivity contribution in [1.29, 1.82) is 0 Å². The van der Waals surface area contributed by atoms with Gasteiger partial charge in [-0.2, -0.15) is 0 Å². The fraction of sp³-hybridized carbons (Fsp3) is 0.333. The van der Waals surface area contributed by atoms with Crippen LogP contribution in [0.4, 0.5) is 0 Å². The van der Waals surface area contributed by atoms with Crippen LogP contribution < -0.4 is 15.4 Å². The largest absolute Gasteiger partial charge is 0.434 e. The van der Waals surface area contributed by atoms with Crippen LogP contribution in [0.5, 0.6) is 0 Å². The number of Topliss-reactive ketones (excluding diaryl/α,β-unsaturated/α-hetero) is 1. The number of hydrogen-bond acceptors (Lipinski definition) is 9. The number of ketones is 1. The first kappa shape index (κ1) is 37.2. The SMILES string of the molecule is CC(C)C(NC(=O)[C@@H]1CCCN1C(=O)C(NC(=O)c1ccc(C(=O)NS(=O)(=O)c2ccc(Cl)cc2)cc1)C(C)C)C(=O)c1nc2ccccc2o1. The number of benzene rings is 3. The second kappa shape index (κ2) is 15.4. The van der Waals surface area contributed by atoms with Crippen LogP contribution in [0.2, 0.25) is 5.02 Å². The van der Waals surface area contributed by atoms with Crippen LogP contribution in [-0.4, -0.2) is 72.4 Å². The number of oxazole rings is 1. The Kier molecular flexibility index (Phi) is 11.3. The maximum absolute atomic E-state index is 13.9. The van der Waals surface area contributed by atoms with Crippen LogP contribution in [-0.2, 0) is 19.6 Å². The van der Waals surface area contributed by atoms with Crippen molar-refractivity contribution in [2.24, 2.45) is 11.8 Å². The molecule has 0 aliphatic carbocycles. The number of likely N-dealkylation sites (tertiary alicyclic amines) is 1. The molecule has 0 saturated carbocycles. The molecule has 3 atom stereocenters. The highest BCUT2D eigenvalue weighted by Gasteiger charge is 2.40. The van der Waals surface area contributed by atoms with Gasteiger partial charge in [-0.1, -0.05) is 51.4 Å². The molecule has 2 unspecified atom stereocenters. The van der Waals surface area contributed by atoms with Crippen molar-refractivity contribution in [3.63, 3.8) is 0 Å². The number of amides is 4. The minimum absolute atomic E-state index is 0.0132. The van der Waals surface area contributed by atoms with Gasteiger partial charge in [0.25, 0.3) is 27.7 Å². The van der Waals surface area contributed by atoms with Crippen molar-refractivity contribution in [2.75, 3.05) is 6.54 Å². The van der Waals surface area contributed by atoms with Gasteiger partial charge in [0.2, 0.25) is 17.6 Å². The number of carbonyl (C=O) groups is 5. The monoisotopic (exact) mass is 735 g/mol. The maximum Gasteiger partial charge on any atom is 0.266 e. The Morgan fingerprint density at radius 3 is 2.04 bits per heavy atom. The summed E-state index contributed by atoms with van der Waals surface area (Å²) in [5.41, 5.74) is 1.08. The van der Waals surface area contributed by atoms with Crippen LogP contribution in [0.1, 0.15) is 71.9 Å². The number of para-hydroxylation sites is 2. The quantitative estimate of drug-likeness (QED) is 0.178. The van der Waals surface area contributed by atoms with Crippen LogP contribution >= 0.6 is 11.6 Å². The molecular weight excluding hydrogens is 698 g/mol. The summed E-state index contributed by atoms with van der Waals surface area (Å²) in [7, 11) is -4.17. The lowest BCUT2D eigenvalue weighted by Crippen LogP contribution is -2.57. The van der Waals surface area contributed by atoms with E-state index in [2.05, 4.69) is 15.6 Å². The third-order valence-corrected chi connectivity index (χ3v) is 10.2. The van der Waals surface area contributed by atoms with Crippen molar-refractivity contribution in [3.05, 3.63) is 94.8 Å². The molecule has 13 nitrogen and oxygen atoms in total. The Labute approximate surface area is 300 Å². The minimum Gasteiger partial charge on any atom is -0.434 e. The highest BCUT2D eigenvalue weighted by molar-refractivity contribution is 7.90. The predicted molar refractivity (Wildman–Crippen MR) is 188 cm³/mol. The number of nitrogens with one attached hydrogen (secondary N) is 3. The number of aromatic nitrogens is 1. The number of fused-ring (bicyclic) bond motifs is 1. The molecule has 3 aromatic carbocycles. The summed E-state index contributed by atoms with van der Waals surface area (Å²) in [5.74, 6) is -3.73. The molecule has 2 heterocycles. The summed E-state index contributed by atoms with van der Waals surface area (Å²) in [4.78, 5) is 72.5. The van der Waals surface area contributed by atoms with Crippen LogP contribution in [0.25, 0.3) is 11.1 Å². The third-order valence-electron chi connectivity index (χ3n) is 8.57. The lowest BCUT2D eigenvalue weighted by molar-refractivity contribution is -0.140. The summed E-state index contributed by atoms with van der Waals surface area (Å²) < 4.78 is 32.8. The van der Waals surface area contributed by atoms with E-state index in [1.807, 2.05) is 4.72 Å². The Hall–Kier alpha value is -5.08. The Balaban J connectivity index is 1.23. The number of nitrogens with zero attached hydrogens (tertiary/aromatic N) is 2. The van der Waals surface area contributed by atoms with E-state index >= 15 is 0 Å². The van der Waals surface area contributed by atoms with Gasteiger partial charge in [-0.15, -0.1) is 0 Å². The summed E-state index contributed by atoms with van der Waals surface area (Å²) >= 11 is 5.82. The molecule has 1 aliphatic rings. The van der Waals surface area contributed by atoms with Gasteiger partial charge < -0.3 is 20.0 Å². The van der Waals surface area contributed by atoms with E-state index in [1.165, 1.54) is 53.4 Å². The van der Waals surface area contributed by atoms with E-state index in [4.69, 9.17) is 16.0 Å². The molecule has 0 bridgehead atoms. The fourth-order valence-corrected chi connectivity index (χ4v) is 6.84. The average molecular weight is 736 g/mol. The summed E-state index contributed by atoms with van der Waals surface area (Å²) in [5, 5.41) is 5.90. The Morgan fingerprint density at radius 2 is 1.43 bits per heavy atom. The number of rotatable bonds is 12. The molecule has 4 amide bonds. The van der Waals surface area contributed by atoms with E-state index in [-0.39, 0.29) is 40.3 Å². The molecule has 3 N–H and O–H groups in total. The predicted octanol–water partition coefficient (Wildman–Crippen LogP) is 4.37. The van der Waals surface area contributed by atoms with Crippen molar-refractivity contribution >= 4 is 62.1 Å². The van der Waals surface area contributed by atoms with Gasteiger partial charge in [-0.05, 0) is 85.3 Å². The van der Waals surface area contributed by atoms with Gasteiger partial charge in [-0.25, -0.2) is 18.1 Å². The third kappa shape index (κ3) is 8.46. The van der Waals surface area contributed by atoms with Crippen LogP contribution in [0.15, 0.2) is 82.1 Å². The van der Waals surface area contributed by atoms with Gasteiger partial charge in [0.05, 0.1) is 10.9 Å². The standard InChI is InChI=1S/C36H38ClN5O8S/c1-20(2)29(31(43)35-38-26-8-5-6-10-28(26)50-35)39-34(46)27-9-7-19-42(27)36(47)30(21(3)4)40-32(44)22-11-13-23(14-12-22)33(45)41-51(48,49)25-17-15-24(37)16-18-25/h5-6,8,10-18,20-21,27,29-30H,7,9,19H2,1-4H3,(H,39,46)(H,40,44)(H,41,45)/t27-,29?,30?/m0/s1. The van der Waals surface area contributed by atoms with Crippen LogP contribution in [0, 0.1) is 11.8 Å². The molecule has 1 aromatic heterocycles. The molecule has 1 aliphatic heterocycles. The zero-order chi connectivity index (χ0) is 37.0. The summed E-state index contributed by atoms with van der Waals surface area (Å²) in [6.45, 7) is 7.38. The highest BCUT2D eigenvalue weighted by Crippen LogP contribution is 2.23. The van der Waals surface area contributed by atoms with Gasteiger partial charge in [0.15, 0.2) is 5.58 Å². The lowest BCUT2D eigenvalue weighted by atomic mass is 9.98. The molecule has 1 saturated heterocycles. The minimum atomic E-state index is -4.17. The van der Waals surface area contributed by atoms with Crippen molar-refractivity contribution in [3.8, 4) is 0 Å². The number of halogens is 1. The number of carbonyl (C=O) groups excluding carboxylic acids is 5. The van der Waals surface area contributed by atoms with E-state index in [0.29, 0.717) is 29.0 Å². The van der Waals surface area contributed by atoms with Crippen molar-refractivity contribution in [1.82, 2.24) is 25.2 Å². The van der Waals surface area contributed by atoms with E-state index < -0.39 is 57.6 Å². The Morgan fingerprint density at radius 1 is 0.824 bits per heavy atom. The topological polar surface area (TPSA) is 185 Å². The average Bonchev–Trinajstić information content (AvgIpc) is 3.77. The zero-order valence-corrected chi connectivity index (χ0v) is 30.0. The van der Waals surface area contributed by atoms with E-state index in [0.717, 1.165) is 0 Å². The Bertz CT molecular complexity index is 2030. The molecule has 1 fully saturated rings. The van der Waals surface area contributed by atoms with Crippen LogP contribution in [0.3, 0.4) is 0 Å². The maximum atomic E-state index is 13.9. The van der Waals surface area contributed by atoms with Crippen molar-refractivity contribution in [2.45, 2.75) is 63.6 Å². The molecule has 51 heavy (non-hydrogen) atoms. The number of sulfonamides is 1. The molecule has 15 heteroatoms. The van der Waals surface area contributed by atoms with E-state index in [9.17, 15) is 32.4 Å². The van der Waals surface area contributed by atoms with E-state index in [1.54, 1.807) is 52.0 Å². The molecular formula is C36H38ClN5O8S. The first-order valence-electron chi connectivity index (χ1n) is 16.4. The normalized spacial score (nSPS) is 15.8. The first-order valence-corrected chi connectivity index (χ1v) is 18.3. The second-order valence-electron chi connectivity index (χ2n) is 12.9. The molecule has 0 radical (unpaired) electrons. The molecule has 0 spiro atoms. The van der Waals surface area contributed by atoms with Crippen molar-refractivity contribution < 1.29 is 36.8 Å². The highest BCUT2D eigenvalue weighted by atomic mass is 35.5.